The van der Waals surface area contributed by atoms with Crippen LogP contribution in [0.25, 0.3) is 0 Å². The van der Waals surface area contributed by atoms with Crippen LogP contribution in [-0.2, 0) is 0 Å². The maximum absolute atomic E-state index is 5.91. The zero-order valence-corrected chi connectivity index (χ0v) is 13.8. The van der Waals surface area contributed by atoms with Gasteiger partial charge in [-0.3, -0.25) is 0 Å². The van der Waals surface area contributed by atoms with E-state index in [1.165, 1.54) is 11.1 Å². The summed E-state index contributed by atoms with van der Waals surface area (Å²) in [7, 11) is 1.96. The van der Waals surface area contributed by atoms with Gasteiger partial charge in [0, 0.05) is 5.02 Å². The molecule has 0 spiro atoms. The molecule has 1 atom stereocenters. The van der Waals surface area contributed by atoms with Gasteiger partial charge in [0.25, 0.3) is 0 Å². The Morgan fingerprint density at radius 1 is 1.24 bits per heavy atom. The van der Waals surface area contributed by atoms with Gasteiger partial charge in [-0.1, -0.05) is 23.7 Å². The molecule has 1 nitrogen and oxygen atoms in total. The van der Waals surface area contributed by atoms with Crippen molar-refractivity contribution in [2.75, 3.05) is 7.05 Å². The van der Waals surface area contributed by atoms with Crippen molar-refractivity contribution in [3.8, 4) is 0 Å². The van der Waals surface area contributed by atoms with Gasteiger partial charge in [0.05, 0.1) is 13.6 Å². The SMILES string of the molecule is CNC(c1ccc(Cl)cc1)c1cc(Br)sc1Br. The van der Waals surface area contributed by atoms with Gasteiger partial charge in [0.2, 0.25) is 0 Å². The third-order valence-corrected chi connectivity index (χ3v) is 5.12. The molecule has 90 valence electrons. The summed E-state index contributed by atoms with van der Waals surface area (Å²) in [5.41, 5.74) is 2.43. The second-order valence-electron chi connectivity index (χ2n) is 3.55. The molecule has 1 unspecified atom stereocenters. The Morgan fingerprint density at radius 2 is 1.88 bits per heavy atom. The number of thiophene rings is 1. The monoisotopic (exact) mass is 393 g/mol. The van der Waals surface area contributed by atoms with Crippen LogP contribution in [0.2, 0.25) is 5.02 Å². The average molecular weight is 396 g/mol. The largest absolute Gasteiger partial charge is 0.309 e. The van der Waals surface area contributed by atoms with E-state index in [1.54, 1.807) is 11.3 Å². The first-order chi connectivity index (χ1) is 8.11. The summed E-state index contributed by atoms with van der Waals surface area (Å²) in [4.78, 5) is 0. The van der Waals surface area contributed by atoms with Gasteiger partial charge in [-0.25, -0.2) is 0 Å². The molecule has 0 amide bonds. The lowest BCUT2D eigenvalue weighted by Gasteiger charge is -2.16. The number of halogens is 3. The first-order valence-electron chi connectivity index (χ1n) is 4.99. The van der Waals surface area contributed by atoms with Crippen molar-refractivity contribution in [1.82, 2.24) is 5.32 Å². The molecule has 1 aromatic carbocycles. The van der Waals surface area contributed by atoms with E-state index in [2.05, 4.69) is 43.2 Å². The third-order valence-electron chi connectivity index (χ3n) is 2.49. The van der Waals surface area contributed by atoms with Crippen LogP contribution in [0.5, 0.6) is 0 Å². The second kappa shape index (κ2) is 5.85. The van der Waals surface area contributed by atoms with Gasteiger partial charge >= 0.3 is 0 Å². The Labute approximate surface area is 126 Å². The minimum atomic E-state index is 0.171. The molecule has 0 saturated heterocycles. The van der Waals surface area contributed by atoms with Crippen molar-refractivity contribution in [1.29, 1.82) is 0 Å². The topological polar surface area (TPSA) is 12.0 Å². The maximum atomic E-state index is 5.91. The van der Waals surface area contributed by atoms with Gasteiger partial charge in [0.15, 0.2) is 0 Å². The molecular weight excluding hydrogens is 385 g/mol. The quantitative estimate of drug-likeness (QED) is 0.750. The van der Waals surface area contributed by atoms with Gasteiger partial charge in [-0.05, 0) is 68.2 Å². The van der Waals surface area contributed by atoms with Gasteiger partial charge in [0.1, 0.15) is 0 Å². The van der Waals surface area contributed by atoms with Crippen molar-refractivity contribution >= 4 is 54.8 Å². The molecule has 1 N–H and O–H groups in total. The highest BCUT2D eigenvalue weighted by Crippen LogP contribution is 2.37. The summed E-state index contributed by atoms with van der Waals surface area (Å²) in [5.74, 6) is 0. The van der Waals surface area contributed by atoms with E-state index in [9.17, 15) is 0 Å². The van der Waals surface area contributed by atoms with Crippen LogP contribution >= 0.6 is 54.8 Å². The Hall–Kier alpha value is 0.130. The molecule has 0 aliphatic rings. The van der Waals surface area contributed by atoms with Gasteiger partial charge in [-0.15, -0.1) is 11.3 Å². The molecule has 1 heterocycles. The second-order valence-corrected chi connectivity index (χ2v) is 7.74. The molecule has 2 aromatic rings. The fourth-order valence-electron chi connectivity index (χ4n) is 1.71. The van der Waals surface area contributed by atoms with E-state index in [-0.39, 0.29) is 6.04 Å². The smallest absolute Gasteiger partial charge is 0.0761 e. The van der Waals surface area contributed by atoms with Crippen molar-refractivity contribution in [3.63, 3.8) is 0 Å². The zero-order valence-electron chi connectivity index (χ0n) is 9.01. The predicted molar refractivity (Wildman–Crippen MR) is 82.1 cm³/mol. The van der Waals surface area contributed by atoms with Crippen molar-refractivity contribution in [2.45, 2.75) is 6.04 Å². The lowest BCUT2D eigenvalue weighted by molar-refractivity contribution is 0.692. The van der Waals surface area contributed by atoms with Gasteiger partial charge < -0.3 is 5.32 Å². The summed E-state index contributed by atoms with van der Waals surface area (Å²) >= 11 is 14.7. The van der Waals surface area contributed by atoms with Crippen LogP contribution in [0.3, 0.4) is 0 Å². The van der Waals surface area contributed by atoms with Crippen molar-refractivity contribution < 1.29 is 0 Å². The van der Waals surface area contributed by atoms with Crippen LogP contribution in [0.15, 0.2) is 37.9 Å². The predicted octanol–water partition coefficient (Wildman–Crippen LogP) is 5.24. The molecule has 17 heavy (non-hydrogen) atoms. The van der Waals surface area contributed by atoms with E-state index < -0.39 is 0 Å². The lowest BCUT2D eigenvalue weighted by atomic mass is 10.0. The standard InChI is InChI=1S/C12H10Br2ClNS/c1-16-11(7-2-4-8(15)5-3-7)9-6-10(13)17-12(9)14/h2-6,11,16H,1H3. The van der Waals surface area contributed by atoms with Crippen LogP contribution in [0, 0.1) is 0 Å². The highest BCUT2D eigenvalue weighted by Gasteiger charge is 2.17. The Kier molecular flexibility index (Phi) is 4.66. The fourth-order valence-corrected chi connectivity index (χ4v) is 4.73. The zero-order chi connectivity index (χ0) is 12.4. The number of hydrogen-bond acceptors (Lipinski definition) is 2. The Morgan fingerprint density at radius 3 is 2.35 bits per heavy atom. The molecule has 0 fully saturated rings. The Balaban J connectivity index is 2.39. The summed E-state index contributed by atoms with van der Waals surface area (Å²) < 4.78 is 2.26. The fraction of sp³-hybridized carbons (Fsp3) is 0.167. The molecule has 0 aliphatic carbocycles. The Bertz CT molecular complexity index is 510. The van der Waals surface area contributed by atoms with E-state index in [4.69, 9.17) is 11.6 Å². The molecule has 5 heteroatoms. The van der Waals surface area contributed by atoms with E-state index in [0.29, 0.717) is 0 Å². The summed E-state index contributed by atoms with van der Waals surface area (Å²) in [6.07, 6.45) is 0. The van der Waals surface area contributed by atoms with Crippen LogP contribution in [0.4, 0.5) is 0 Å². The average Bonchev–Trinajstić information content (AvgIpc) is 2.62. The maximum Gasteiger partial charge on any atom is 0.0761 e. The van der Waals surface area contributed by atoms with Crippen LogP contribution in [-0.4, -0.2) is 7.05 Å². The molecule has 2 rings (SSSR count). The number of rotatable bonds is 3. The van der Waals surface area contributed by atoms with Gasteiger partial charge in [-0.2, -0.15) is 0 Å². The van der Waals surface area contributed by atoms with E-state index in [0.717, 1.165) is 12.6 Å². The molecular formula is C12H10Br2ClNS. The summed E-state index contributed by atoms with van der Waals surface area (Å²) in [6.45, 7) is 0. The number of nitrogens with one attached hydrogen (secondary N) is 1. The highest BCUT2D eigenvalue weighted by molar-refractivity contribution is 9.12. The van der Waals surface area contributed by atoms with E-state index >= 15 is 0 Å². The minimum Gasteiger partial charge on any atom is -0.309 e. The molecule has 0 radical (unpaired) electrons. The number of benzene rings is 1. The van der Waals surface area contributed by atoms with Crippen molar-refractivity contribution in [3.05, 3.63) is 54.1 Å². The van der Waals surface area contributed by atoms with Crippen LogP contribution < -0.4 is 5.32 Å². The molecule has 0 bridgehead atoms. The first kappa shape index (κ1) is 13.6. The van der Waals surface area contributed by atoms with E-state index in [1.807, 2.05) is 31.3 Å². The molecule has 1 aromatic heterocycles. The third kappa shape index (κ3) is 3.12. The molecule has 0 saturated carbocycles. The normalized spacial score (nSPS) is 12.7. The summed E-state index contributed by atoms with van der Waals surface area (Å²) in [6, 6.07) is 10.2. The summed E-state index contributed by atoms with van der Waals surface area (Å²) in [5, 5.41) is 4.08. The van der Waals surface area contributed by atoms with Crippen molar-refractivity contribution in [2.24, 2.45) is 0 Å². The van der Waals surface area contributed by atoms with Crippen LogP contribution in [0.1, 0.15) is 17.2 Å². The molecule has 0 aliphatic heterocycles. The highest BCUT2D eigenvalue weighted by atomic mass is 79.9. The number of hydrogen-bond donors (Lipinski definition) is 1. The first-order valence-corrected chi connectivity index (χ1v) is 7.77. The minimum absolute atomic E-state index is 0.171. The lowest BCUT2D eigenvalue weighted by Crippen LogP contribution is -2.17.